The maximum Gasteiger partial charge on any atom is -0.0214 e. The zero-order chi connectivity index (χ0) is 10.7. The maximum atomic E-state index is 2.35. The molecule has 0 saturated carbocycles. The Hall–Kier alpha value is -0.780. The molecule has 1 aromatic carbocycles. The van der Waals surface area contributed by atoms with Gasteiger partial charge in [-0.1, -0.05) is 39.3 Å². The molecule has 1 rings (SSSR count). The molecule has 0 unspecified atom stereocenters. The van der Waals surface area contributed by atoms with Crippen LogP contribution < -0.4 is 0 Å². The molecule has 78 valence electrons. The molecule has 0 bridgehead atoms. The predicted octanol–water partition coefficient (Wildman–Crippen LogP) is 4.38. The highest BCUT2D eigenvalue weighted by molar-refractivity contribution is 5.39. The van der Waals surface area contributed by atoms with E-state index in [0.29, 0.717) is 5.92 Å². The van der Waals surface area contributed by atoms with Gasteiger partial charge in [-0.15, -0.1) is 0 Å². The van der Waals surface area contributed by atoms with Gasteiger partial charge in [-0.3, -0.25) is 0 Å². The molecular formula is C14H22. The molecule has 1 aromatic rings. The van der Waals surface area contributed by atoms with Crippen LogP contribution in [0.2, 0.25) is 0 Å². The molecule has 0 aliphatic rings. The van der Waals surface area contributed by atoms with Gasteiger partial charge in [-0.2, -0.15) is 0 Å². The average molecular weight is 190 g/mol. The van der Waals surface area contributed by atoms with E-state index in [0.717, 1.165) is 0 Å². The molecule has 0 aromatic heterocycles. The minimum atomic E-state index is 0.644. The molecule has 0 saturated heterocycles. The van der Waals surface area contributed by atoms with Gasteiger partial charge in [0.2, 0.25) is 0 Å². The number of rotatable bonds is 3. The van der Waals surface area contributed by atoms with Crippen LogP contribution in [-0.2, 0) is 6.42 Å². The van der Waals surface area contributed by atoms with E-state index in [2.05, 4.69) is 46.8 Å². The first-order valence-electron chi connectivity index (χ1n) is 5.66. The Labute approximate surface area is 88.4 Å². The zero-order valence-electron chi connectivity index (χ0n) is 10.1. The van der Waals surface area contributed by atoms with E-state index in [-0.39, 0.29) is 0 Å². The lowest BCUT2D eigenvalue weighted by molar-refractivity contribution is 0.839. The summed E-state index contributed by atoms with van der Waals surface area (Å²) in [5.41, 5.74) is 5.95. The summed E-state index contributed by atoms with van der Waals surface area (Å²) >= 11 is 0. The van der Waals surface area contributed by atoms with Crippen LogP contribution in [0.1, 0.15) is 55.4 Å². The summed E-state index contributed by atoms with van der Waals surface area (Å²) < 4.78 is 0. The summed E-state index contributed by atoms with van der Waals surface area (Å²) in [4.78, 5) is 0. The molecule has 0 heterocycles. The first kappa shape index (κ1) is 11.3. The average Bonchev–Trinajstić information content (AvgIpc) is 2.01. The van der Waals surface area contributed by atoms with Crippen molar-refractivity contribution >= 4 is 0 Å². The molecule has 0 nitrogen and oxygen atoms in total. The zero-order valence-corrected chi connectivity index (χ0v) is 10.1. The van der Waals surface area contributed by atoms with Crippen LogP contribution in [0.3, 0.4) is 0 Å². The molecule has 0 aliphatic carbocycles. The van der Waals surface area contributed by atoms with Gasteiger partial charge in [-0.05, 0) is 48.4 Å². The van der Waals surface area contributed by atoms with E-state index in [4.69, 9.17) is 0 Å². The van der Waals surface area contributed by atoms with Crippen LogP contribution >= 0.6 is 0 Å². The molecule has 14 heavy (non-hydrogen) atoms. The number of hydrogen-bond acceptors (Lipinski definition) is 0. The van der Waals surface area contributed by atoms with Gasteiger partial charge in [0.15, 0.2) is 0 Å². The maximum absolute atomic E-state index is 2.35. The normalized spacial score (nSPS) is 11.0. The van der Waals surface area contributed by atoms with Gasteiger partial charge in [-0.25, -0.2) is 0 Å². The minimum Gasteiger partial charge on any atom is -0.0651 e. The highest BCUT2D eigenvalue weighted by Crippen LogP contribution is 2.24. The van der Waals surface area contributed by atoms with E-state index in [1.165, 1.54) is 35.1 Å². The molecule has 0 radical (unpaired) electrons. The summed E-state index contributed by atoms with van der Waals surface area (Å²) in [6.45, 7) is 11.3. The minimum absolute atomic E-state index is 0.644. The molecule has 0 spiro atoms. The van der Waals surface area contributed by atoms with Crippen molar-refractivity contribution in [2.45, 2.75) is 53.4 Å². The summed E-state index contributed by atoms with van der Waals surface area (Å²) in [5.74, 6) is 0.644. The van der Waals surface area contributed by atoms with Crippen molar-refractivity contribution < 1.29 is 0 Å². The lowest BCUT2D eigenvalue weighted by Crippen LogP contribution is -1.98. The van der Waals surface area contributed by atoms with Crippen molar-refractivity contribution in [3.63, 3.8) is 0 Å². The van der Waals surface area contributed by atoms with Gasteiger partial charge >= 0.3 is 0 Å². The van der Waals surface area contributed by atoms with Crippen LogP contribution in [0.5, 0.6) is 0 Å². The van der Waals surface area contributed by atoms with Crippen LogP contribution in [0, 0.1) is 13.8 Å². The van der Waals surface area contributed by atoms with Crippen molar-refractivity contribution in [3.05, 3.63) is 34.4 Å². The number of hydrogen-bond donors (Lipinski definition) is 0. The van der Waals surface area contributed by atoms with Gasteiger partial charge in [0, 0.05) is 0 Å². The Balaban J connectivity index is 3.11. The van der Waals surface area contributed by atoms with Gasteiger partial charge < -0.3 is 0 Å². The standard InChI is InChI=1S/C14H22/c1-6-7-13-8-11(4)14(10(2)3)12(5)9-13/h8-10H,6-7H2,1-5H3. The fourth-order valence-corrected chi connectivity index (χ4v) is 2.41. The van der Waals surface area contributed by atoms with Crippen molar-refractivity contribution in [1.29, 1.82) is 0 Å². The third kappa shape index (κ3) is 2.37. The monoisotopic (exact) mass is 190 g/mol. The molecule has 0 atom stereocenters. The second-order valence-corrected chi connectivity index (χ2v) is 4.55. The molecule has 0 fully saturated rings. The summed E-state index contributed by atoms with van der Waals surface area (Å²) in [7, 11) is 0. The van der Waals surface area contributed by atoms with E-state index in [9.17, 15) is 0 Å². The Kier molecular flexibility index (Phi) is 3.74. The van der Waals surface area contributed by atoms with Crippen molar-refractivity contribution in [3.8, 4) is 0 Å². The van der Waals surface area contributed by atoms with Crippen molar-refractivity contribution in [1.82, 2.24) is 0 Å². The topological polar surface area (TPSA) is 0 Å². The highest BCUT2D eigenvalue weighted by atomic mass is 14.1. The second kappa shape index (κ2) is 4.63. The van der Waals surface area contributed by atoms with Crippen LogP contribution in [-0.4, -0.2) is 0 Å². The summed E-state index contributed by atoms with van der Waals surface area (Å²) in [6.07, 6.45) is 2.44. The van der Waals surface area contributed by atoms with E-state index >= 15 is 0 Å². The molecular weight excluding hydrogens is 168 g/mol. The largest absolute Gasteiger partial charge is 0.0651 e. The van der Waals surface area contributed by atoms with Crippen LogP contribution in [0.25, 0.3) is 0 Å². The van der Waals surface area contributed by atoms with Gasteiger partial charge in [0.1, 0.15) is 0 Å². The van der Waals surface area contributed by atoms with Crippen molar-refractivity contribution in [2.24, 2.45) is 0 Å². The smallest absolute Gasteiger partial charge is 0.0214 e. The van der Waals surface area contributed by atoms with Gasteiger partial charge in [0.05, 0.1) is 0 Å². The Bertz CT molecular complexity index is 285. The predicted molar refractivity (Wildman–Crippen MR) is 64.0 cm³/mol. The fraction of sp³-hybridized carbons (Fsp3) is 0.571. The van der Waals surface area contributed by atoms with E-state index in [1.54, 1.807) is 0 Å². The highest BCUT2D eigenvalue weighted by Gasteiger charge is 2.07. The lowest BCUT2D eigenvalue weighted by Gasteiger charge is -2.15. The Morgan fingerprint density at radius 2 is 1.57 bits per heavy atom. The van der Waals surface area contributed by atoms with Crippen LogP contribution in [0.15, 0.2) is 12.1 Å². The fourth-order valence-electron chi connectivity index (χ4n) is 2.41. The molecule has 0 heteroatoms. The molecule has 0 N–H and O–H groups in total. The molecule has 0 aliphatic heterocycles. The number of benzene rings is 1. The van der Waals surface area contributed by atoms with E-state index < -0.39 is 0 Å². The quantitative estimate of drug-likeness (QED) is 0.663. The second-order valence-electron chi connectivity index (χ2n) is 4.55. The summed E-state index contributed by atoms with van der Waals surface area (Å²) in [5, 5.41) is 0. The first-order chi connectivity index (χ1) is 6.56. The van der Waals surface area contributed by atoms with Crippen molar-refractivity contribution in [2.75, 3.05) is 0 Å². The lowest BCUT2D eigenvalue weighted by atomic mass is 9.90. The third-order valence-electron chi connectivity index (χ3n) is 2.77. The SMILES string of the molecule is CCCc1cc(C)c(C(C)C)c(C)c1. The first-order valence-corrected chi connectivity index (χ1v) is 5.66. The van der Waals surface area contributed by atoms with E-state index in [1.807, 2.05) is 0 Å². The Morgan fingerprint density at radius 1 is 1.07 bits per heavy atom. The molecule has 0 amide bonds. The van der Waals surface area contributed by atoms with Gasteiger partial charge in [0.25, 0.3) is 0 Å². The van der Waals surface area contributed by atoms with Crippen LogP contribution in [0.4, 0.5) is 0 Å². The third-order valence-corrected chi connectivity index (χ3v) is 2.77. The Morgan fingerprint density at radius 3 is 1.93 bits per heavy atom. The summed E-state index contributed by atoms with van der Waals surface area (Å²) in [6, 6.07) is 4.71. The number of aryl methyl sites for hydroxylation is 3.